The minimum atomic E-state index is -0.128. The minimum Gasteiger partial charge on any atom is -0.368 e. The van der Waals surface area contributed by atoms with Gasteiger partial charge in [0.2, 0.25) is 5.95 Å². The summed E-state index contributed by atoms with van der Waals surface area (Å²) in [5, 5.41) is 2.88. The first-order chi connectivity index (χ1) is 12.6. The fourth-order valence-electron chi connectivity index (χ4n) is 3.13. The highest BCUT2D eigenvalue weighted by atomic mass is 16.1. The number of nitrogens with zero attached hydrogens (tertiary/aromatic N) is 4. The molecule has 2 aromatic rings. The summed E-state index contributed by atoms with van der Waals surface area (Å²) in [4.78, 5) is 25.8. The predicted octanol–water partition coefficient (Wildman–Crippen LogP) is 2.56. The van der Waals surface area contributed by atoms with Crippen LogP contribution in [0, 0.1) is 13.8 Å². The van der Waals surface area contributed by atoms with Gasteiger partial charge in [-0.3, -0.25) is 4.79 Å². The van der Waals surface area contributed by atoms with Gasteiger partial charge in [0, 0.05) is 44.1 Å². The first-order valence-electron chi connectivity index (χ1n) is 9.27. The molecule has 26 heavy (non-hydrogen) atoms. The van der Waals surface area contributed by atoms with E-state index in [0.29, 0.717) is 18.2 Å². The third-order valence-electron chi connectivity index (χ3n) is 4.54. The van der Waals surface area contributed by atoms with Gasteiger partial charge in [0.25, 0.3) is 5.91 Å². The highest BCUT2D eigenvalue weighted by Gasteiger charge is 2.21. The zero-order valence-corrected chi connectivity index (χ0v) is 15.8. The van der Waals surface area contributed by atoms with E-state index in [0.717, 1.165) is 38.3 Å². The van der Waals surface area contributed by atoms with Crippen molar-refractivity contribution in [3.8, 4) is 0 Å². The van der Waals surface area contributed by atoms with E-state index in [2.05, 4.69) is 56.3 Å². The van der Waals surface area contributed by atoms with E-state index in [1.165, 1.54) is 11.3 Å². The van der Waals surface area contributed by atoms with E-state index >= 15 is 0 Å². The Bertz CT molecular complexity index is 769. The highest BCUT2D eigenvalue weighted by molar-refractivity contribution is 5.92. The topological polar surface area (TPSA) is 61.4 Å². The van der Waals surface area contributed by atoms with E-state index < -0.39 is 0 Å². The molecule has 0 atom stereocenters. The van der Waals surface area contributed by atoms with Gasteiger partial charge >= 0.3 is 0 Å². The van der Waals surface area contributed by atoms with Crippen molar-refractivity contribution in [3.05, 3.63) is 47.3 Å². The monoisotopic (exact) mass is 353 g/mol. The van der Waals surface area contributed by atoms with Gasteiger partial charge in [-0.05, 0) is 44.0 Å². The Labute approximate surface area is 155 Å². The number of anilines is 2. The summed E-state index contributed by atoms with van der Waals surface area (Å²) in [5.74, 6) is 0.521. The molecule has 6 heteroatoms. The Kier molecular flexibility index (Phi) is 5.71. The van der Waals surface area contributed by atoms with E-state index in [4.69, 9.17) is 0 Å². The molecule has 1 aliphatic rings. The second kappa shape index (κ2) is 8.17. The zero-order valence-electron chi connectivity index (χ0n) is 15.8. The number of amides is 1. The van der Waals surface area contributed by atoms with Crippen molar-refractivity contribution in [1.82, 2.24) is 15.3 Å². The first-order valence-corrected chi connectivity index (χ1v) is 9.27. The summed E-state index contributed by atoms with van der Waals surface area (Å²) < 4.78 is 0. The number of benzene rings is 1. The summed E-state index contributed by atoms with van der Waals surface area (Å²) in [6.45, 7) is 10.2. The molecular formula is C20H27N5O. The number of aryl methyl sites for hydroxylation is 2. The third kappa shape index (κ3) is 4.31. The quantitative estimate of drug-likeness (QED) is 0.895. The number of hydrogen-bond donors (Lipinski definition) is 1. The van der Waals surface area contributed by atoms with Crippen molar-refractivity contribution in [3.63, 3.8) is 0 Å². The molecule has 0 bridgehead atoms. The standard InChI is InChI=1S/C20H27N5O/c1-4-8-21-19(26)18-14-16(3)22-20(23-18)25-11-9-24(10-12-25)17-7-5-6-15(2)13-17/h5-7,13-14H,4,8-12H2,1-3H3,(H,21,26). The van der Waals surface area contributed by atoms with Gasteiger partial charge < -0.3 is 15.1 Å². The molecule has 2 heterocycles. The van der Waals surface area contributed by atoms with Crippen molar-refractivity contribution in [2.75, 3.05) is 42.5 Å². The first kappa shape index (κ1) is 18.2. The van der Waals surface area contributed by atoms with Crippen LogP contribution in [0.2, 0.25) is 0 Å². The Balaban J connectivity index is 1.69. The number of nitrogens with one attached hydrogen (secondary N) is 1. The van der Waals surface area contributed by atoms with Crippen LogP contribution in [0.1, 0.15) is 35.1 Å². The molecule has 0 saturated carbocycles. The normalized spacial score (nSPS) is 14.4. The van der Waals surface area contributed by atoms with Crippen LogP contribution >= 0.6 is 0 Å². The maximum Gasteiger partial charge on any atom is 0.270 e. The third-order valence-corrected chi connectivity index (χ3v) is 4.54. The van der Waals surface area contributed by atoms with Crippen LogP contribution in [-0.2, 0) is 0 Å². The lowest BCUT2D eigenvalue weighted by Crippen LogP contribution is -2.47. The van der Waals surface area contributed by atoms with E-state index in [1.54, 1.807) is 6.07 Å². The van der Waals surface area contributed by atoms with Gasteiger partial charge in [0.05, 0.1) is 0 Å². The summed E-state index contributed by atoms with van der Waals surface area (Å²) >= 11 is 0. The van der Waals surface area contributed by atoms with Gasteiger partial charge in [0.15, 0.2) is 0 Å². The molecule has 1 aromatic heterocycles. The molecule has 1 aromatic carbocycles. The smallest absolute Gasteiger partial charge is 0.270 e. The Morgan fingerprint density at radius 2 is 1.81 bits per heavy atom. The summed E-state index contributed by atoms with van der Waals surface area (Å²) in [7, 11) is 0. The average Bonchev–Trinajstić information content (AvgIpc) is 2.65. The molecule has 0 radical (unpaired) electrons. The molecule has 138 valence electrons. The van der Waals surface area contributed by atoms with E-state index in [9.17, 15) is 4.79 Å². The summed E-state index contributed by atoms with van der Waals surface area (Å²) in [6, 6.07) is 10.3. The number of rotatable bonds is 5. The highest BCUT2D eigenvalue weighted by Crippen LogP contribution is 2.20. The lowest BCUT2D eigenvalue weighted by atomic mass is 10.2. The Hall–Kier alpha value is -2.63. The van der Waals surface area contributed by atoms with Crippen LogP contribution in [0.15, 0.2) is 30.3 Å². The maximum atomic E-state index is 12.2. The van der Waals surface area contributed by atoms with Crippen LogP contribution < -0.4 is 15.1 Å². The lowest BCUT2D eigenvalue weighted by Gasteiger charge is -2.36. The van der Waals surface area contributed by atoms with Crippen molar-refractivity contribution in [2.24, 2.45) is 0 Å². The second-order valence-corrected chi connectivity index (χ2v) is 6.76. The Morgan fingerprint density at radius 3 is 2.50 bits per heavy atom. The maximum absolute atomic E-state index is 12.2. The fraction of sp³-hybridized carbons (Fsp3) is 0.450. The lowest BCUT2D eigenvalue weighted by molar-refractivity contribution is 0.0948. The van der Waals surface area contributed by atoms with Crippen LogP contribution in [0.5, 0.6) is 0 Å². The molecule has 1 amide bonds. The number of hydrogen-bond acceptors (Lipinski definition) is 5. The zero-order chi connectivity index (χ0) is 18.5. The van der Waals surface area contributed by atoms with E-state index in [-0.39, 0.29) is 5.91 Å². The predicted molar refractivity (Wildman–Crippen MR) is 105 cm³/mol. The molecule has 0 aliphatic carbocycles. The van der Waals surface area contributed by atoms with E-state index in [1.807, 2.05) is 13.8 Å². The minimum absolute atomic E-state index is 0.128. The van der Waals surface area contributed by atoms with Crippen LogP contribution in [0.4, 0.5) is 11.6 Å². The number of aromatic nitrogens is 2. The van der Waals surface area contributed by atoms with Crippen LogP contribution in [-0.4, -0.2) is 48.6 Å². The van der Waals surface area contributed by atoms with Crippen molar-refractivity contribution in [2.45, 2.75) is 27.2 Å². The van der Waals surface area contributed by atoms with Crippen LogP contribution in [0.3, 0.4) is 0 Å². The number of carbonyl (C=O) groups excluding carboxylic acids is 1. The summed E-state index contributed by atoms with van der Waals surface area (Å²) in [5.41, 5.74) is 3.80. The Morgan fingerprint density at radius 1 is 1.08 bits per heavy atom. The average molecular weight is 353 g/mol. The van der Waals surface area contributed by atoms with Gasteiger partial charge in [-0.25, -0.2) is 9.97 Å². The molecule has 1 aliphatic heterocycles. The van der Waals surface area contributed by atoms with Crippen molar-refractivity contribution in [1.29, 1.82) is 0 Å². The van der Waals surface area contributed by atoms with Gasteiger partial charge in [-0.15, -0.1) is 0 Å². The fourth-order valence-corrected chi connectivity index (χ4v) is 3.13. The second-order valence-electron chi connectivity index (χ2n) is 6.76. The molecule has 1 N–H and O–H groups in total. The van der Waals surface area contributed by atoms with Crippen molar-refractivity contribution >= 4 is 17.5 Å². The SMILES string of the molecule is CCCNC(=O)c1cc(C)nc(N2CCN(c3cccc(C)c3)CC2)n1. The number of carbonyl (C=O) groups is 1. The molecule has 0 unspecified atom stereocenters. The van der Waals surface area contributed by atoms with Crippen LogP contribution in [0.25, 0.3) is 0 Å². The molecule has 3 rings (SSSR count). The molecule has 0 spiro atoms. The molecule has 1 saturated heterocycles. The van der Waals surface area contributed by atoms with Crippen molar-refractivity contribution < 1.29 is 4.79 Å². The largest absolute Gasteiger partial charge is 0.368 e. The van der Waals surface area contributed by atoms with Gasteiger partial charge in [-0.2, -0.15) is 0 Å². The summed E-state index contributed by atoms with van der Waals surface area (Å²) in [6.07, 6.45) is 0.906. The molecule has 1 fully saturated rings. The molecule has 6 nitrogen and oxygen atoms in total. The van der Waals surface area contributed by atoms with Gasteiger partial charge in [-0.1, -0.05) is 19.1 Å². The molecular weight excluding hydrogens is 326 g/mol. The number of piperazine rings is 1. The van der Waals surface area contributed by atoms with Gasteiger partial charge in [0.1, 0.15) is 5.69 Å².